The molecular weight excluding hydrogens is 967 g/mol. The van der Waals surface area contributed by atoms with Crippen molar-refractivity contribution in [2.45, 2.75) is 0 Å². The molecule has 0 aliphatic heterocycles. The Morgan fingerprint density at radius 2 is 0.692 bits per heavy atom. The Hall–Kier alpha value is -7.88. The van der Waals surface area contributed by atoms with E-state index in [1.54, 1.807) is 0 Å². The van der Waals surface area contributed by atoms with Crippen molar-refractivity contribution in [3.63, 3.8) is 0 Å². The van der Waals surface area contributed by atoms with Crippen molar-refractivity contribution < 1.29 is 20.1 Å². The van der Waals surface area contributed by atoms with Crippen LogP contribution in [0.4, 0.5) is 0 Å². The van der Waals surface area contributed by atoms with Crippen molar-refractivity contribution in [2.75, 3.05) is 0 Å². The maximum atomic E-state index is 5.38. The van der Waals surface area contributed by atoms with Gasteiger partial charge in [-0.3, -0.25) is 0 Å². The van der Waals surface area contributed by atoms with Crippen LogP contribution in [0, 0.1) is 6.07 Å². The van der Waals surface area contributed by atoms with Gasteiger partial charge in [0, 0.05) is 37.4 Å². The Bertz CT molecular complexity index is 3310. The van der Waals surface area contributed by atoms with Crippen LogP contribution in [0.25, 0.3) is 112 Å². The maximum absolute atomic E-state index is 5.38. The second kappa shape index (κ2) is 18.5. The van der Waals surface area contributed by atoms with Crippen molar-refractivity contribution in [1.29, 1.82) is 0 Å². The minimum atomic E-state index is 0. The van der Waals surface area contributed by atoms with Crippen molar-refractivity contribution in [1.82, 2.24) is 15.0 Å². The Morgan fingerprint density at radius 3 is 1.23 bits per heavy atom. The molecule has 2 heterocycles. The van der Waals surface area contributed by atoms with E-state index < -0.39 is 0 Å². The average molecular weight is 1010 g/mol. The first kappa shape index (κ1) is 41.1. The van der Waals surface area contributed by atoms with Crippen molar-refractivity contribution in [3.8, 4) is 101 Å². The third-order valence-corrected chi connectivity index (χ3v) is 11.8. The average Bonchev–Trinajstić information content (AvgIpc) is 3.39. The summed E-state index contributed by atoms with van der Waals surface area (Å²) >= 11 is 0. The number of fused-ring (bicyclic) bond motifs is 1. The van der Waals surface area contributed by atoms with Gasteiger partial charge in [-0.2, -0.15) is 0 Å². The van der Waals surface area contributed by atoms with Crippen LogP contribution in [-0.4, -0.2) is 15.0 Å². The Balaban J connectivity index is 0.00000498. The van der Waals surface area contributed by atoms with Crippen LogP contribution in [0.2, 0.25) is 0 Å². The predicted octanol–water partition coefficient (Wildman–Crippen LogP) is 15.8. The molecule has 0 saturated heterocycles. The predicted molar refractivity (Wildman–Crippen MR) is 265 cm³/mol. The van der Waals surface area contributed by atoms with Crippen LogP contribution in [0.5, 0.6) is 0 Å². The molecule has 65 heavy (non-hydrogen) atoms. The van der Waals surface area contributed by atoms with Gasteiger partial charge in [0.05, 0.1) is 11.4 Å². The summed E-state index contributed by atoms with van der Waals surface area (Å²) in [5.74, 6) is 0.623. The van der Waals surface area contributed by atoms with E-state index in [0.29, 0.717) is 5.82 Å². The molecule has 0 atom stereocenters. The second-order valence-corrected chi connectivity index (χ2v) is 16.0. The fourth-order valence-corrected chi connectivity index (χ4v) is 8.47. The first-order valence-corrected chi connectivity index (χ1v) is 21.6. The van der Waals surface area contributed by atoms with Gasteiger partial charge in [-0.25, -0.2) is 9.97 Å². The normalized spacial score (nSPS) is 11.0. The summed E-state index contributed by atoms with van der Waals surface area (Å²) in [5.41, 5.74) is 17.7. The number of nitrogens with zero attached hydrogens (tertiary/aromatic N) is 3. The fourth-order valence-electron chi connectivity index (χ4n) is 8.47. The van der Waals surface area contributed by atoms with Crippen LogP contribution in [0.1, 0.15) is 0 Å². The van der Waals surface area contributed by atoms with Gasteiger partial charge in [0.1, 0.15) is 5.82 Å². The van der Waals surface area contributed by atoms with Gasteiger partial charge in [0.2, 0.25) is 0 Å². The zero-order valence-corrected chi connectivity index (χ0v) is 37.7. The minimum Gasteiger partial charge on any atom is -0.304 e. The smallest absolute Gasteiger partial charge is 0.142 e. The molecule has 11 aromatic rings. The number of hydrogen-bond acceptors (Lipinski definition) is 3. The van der Waals surface area contributed by atoms with Gasteiger partial charge in [0.15, 0.2) is 0 Å². The molecule has 0 saturated carbocycles. The van der Waals surface area contributed by atoms with Gasteiger partial charge in [-0.05, 0) is 121 Å². The quantitative estimate of drug-likeness (QED) is 0.135. The minimum absolute atomic E-state index is 0. The summed E-state index contributed by atoms with van der Waals surface area (Å²) in [6, 6.07) is 86.8. The summed E-state index contributed by atoms with van der Waals surface area (Å²) in [7, 11) is 0. The number of benzene rings is 9. The van der Waals surface area contributed by atoms with E-state index in [2.05, 4.69) is 224 Å². The van der Waals surface area contributed by atoms with E-state index in [-0.39, 0.29) is 20.1 Å². The van der Waals surface area contributed by atoms with E-state index >= 15 is 0 Å². The molecule has 2 aromatic heterocycles. The molecule has 0 aliphatic rings. The van der Waals surface area contributed by atoms with Gasteiger partial charge in [-0.15, -0.1) is 29.8 Å². The summed E-state index contributed by atoms with van der Waals surface area (Å²) in [6.07, 6.45) is 1.93. The molecule has 4 heteroatoms. The third kappa shape index (κ3) is 8.87. The monoisotopic (exact) mass is 1010 g/mol. The zero-order chi connectivity index (χ0) is 42.7. The van der Waals surface area contributed by atoms with Gasteiger partial charge in [-0.1, -0.05) is 175 Å². The summed E-state index contributed by atoms with van der Waals surface area (Å²) in [5, 5.41) is 2.23. The molecule has 11 rings (SSSR count). The topological polar surface area (TPSA) is 38.7 Å². The van der Waals surface area contributed by atoms with Crippen molar-refractivity contribution in [3.05, 3.63) is 249 Å². The van der Waals surface area contributed by atoms with Crippen LogP contribution in [-0.2, 0) is 20.1 Å². The number of pyridine rings is 1. The van der Waals surface area contributed by atoms with E-state index in [0.717, 1.165) is 83.5 Å². The first-order chi connectivity index (χ1) is 31.7. The molecule has 0 aliphatic carbocycles. The van der Waals surface area contributed by atoms with Crippen LogP contribution in [0.3, 0.4) is 0 Å². The number of rotatable bonds is 9. The van der Waals surface area contributed by atoms with E-state index in [1.807, 2.05) is 24.4 Å². The molecule has 0 spiro atoms. The van der Waals surface area contributed by atoms with Crippen molar-refractivity contribution >= 4 is 10.8 Å². The van der Waals surface area contributed by atoms with E-state index in [4.69, 9.17) is 15.0 Å². The third-order valence-electron chi connectivity index (χ3n) is 11.8. The molecule has 3 nitrogen and oxygen atoms in total. The molecule has 9 aromatic carbocycles. The molecule has 0 fully saturated rings. The van der Waals surface area contributed by atoms with E-state index in [9.17, 15) is 0 Å². The maximum Gasteiger partial charge on any atom is 0.142 e. The second-order valence-electron chi connectivity index (χ2n) is 16.0. The molecule has 1 radical (unpaired) electrons. The zero-order valence-electron chi connectivity index (χ0n) is 35.3. The largest absolute Gasteiger partial charge is 0.304 e. The first-order valence-electron chi connectivity index (χ1n) is 21.6. The van der Waals surface area contributed by atoms with Gasteiger partial charge >= 0.3 is 0 Å². The Labute approximate surface area is 393 Å². The fraction of sp³-hybridized carbons (Fsp3) is 0. The molecular formula is C61H40IrN3-. The number of aromatic nitrogens is 3. The van der Waals surface area contributed by atoms with Crippen LogP contribution in [0.15, 0.2) is 243 Å². The Kier molecular flexibility index (Phi) is 11.7. The van der Waals surface area contributed by atoms with E-state index in [1.165, 1.54) is 22.3 Å². The van der Waals surface area contributed by atoms with Crippen LogP contribution >= 0.6 is 0 Å². The summed E-state index contributed by atoms with van der Waals surface area (Å²) in [6.45, 7) is 0. The van der Waals surface area contributed by atoms with Gasteiger partial charge < -0.3 is 4.98 Å². The molecule has 0 unspecified atom stereocenters. The standard InChI is InChI=1S/C61H40N3.Ir/c1-5-17-42(18-6-1)52-33-53(43-19-7-2-8-20-43)36-56(35-52)46-27-15-29-49(31-46)59-40-60(57-37-54(44-21-9-3-10-22-44)34-55(38-57)45-23-11-4-12-24-45)64-61(63-59)50-30-16-28-48(32-50)58-39-47-25-13-14-26-51(47)41-62-58;/h1-27,29-41H;/q-1;. The Morgan fingerprint density at radius 1 is 0.277 bits per heavy atom. The summed E-state index contributed by atoms with van der Waals surface area (Å²) in [4.78, 5) is 15.6. The molecule has 0 N–H and O–H groups in total. The van der Waals surface area contributed by atoms with Crippen molar-refractivity contribution in [2.24, 2.45) is 0 Å². The number of hydrogen-bond donors (Lipinski definition) is 0. The molecule has 0 bridgehead atoms. The summed E-state index contributed by atoms with van der Waals surface area (Å²) < 4.78 is 0. The molecule has 0 amide bonds. The van der Waals surface area contributed by atoms with Gasteiger partial charge in [0.25, 0.3) is 0 Å². The SMILES string of the molecule is [Ir].[c-]1ccc(-c2nc(-c3cccc(-c4cc(-c5ccccc5)cc(-c5ccccc5)c4)c3)cc(-c3cc(-c4ccccc4)cc(-c4ccccc4)c3)n2)cc1-c1cc2ccccc2cn1. The molecule has 309 valence electrons. The van der Waals surface area contributed by atoms with Crippen LogP contribution < -0.4 is 0 Å².